The normalized spacial score (nSPS) is 20.9. The molecule has 156 valence electrons. The number of halogens is 3. The van der Waals surface area contributed by atoms with Crippen LogP contribution >= 0.6 is 11.3 Å². The lowest BCUT2D eigenvalue weighted by Crippen LogP contribution is -2.37. The first-order chi connectivity index (χ1) is 13.6. The van der Waals surface area contributed by atoms with Gasteiger partial charge in [-0.1, -0.05) is 0 Å². The third-order valence-electron chi connectivity index (χ3n) is 5.44. The maximum absolute atomic E-state index is 12.9. The van der Waals surface area contributed by atoms with Gasteiger partial charge in [0.2, 0.25) is 0 Å². The summed E-state index contributed by atoms with van der Waals surface area (Å²) in [5.74, 6) is 0.917. The van der Waals surface area contributed by atoms with Crippen molar-refractivity contribution < 1.29 is 18.3 Å². The van der Waals surface area contributed by atoms with E-state index >= 15 is 0 Å². The minimum Gasteiger partial charge on any atom is -0.390 e. The molecule has 1 aliphatic rings. The van der Waals surface area contributed by atoms with Gasteiger partial charge in [-0.05, 0) is 57.6 Å². The van der Waals surface area contributed by atoms with Crippen molar-refractivity contribution in [2.24, 2.45) is 5.92 Å². The highest BCUT2D eigenvalue weighted by molar-refractivity contribution is 7.15. The molecule has 0 amide bonds. The first-order valence-corrected chi connectivity index (χ1v) is 10.3. The Morgan fingerprint density at radius 1 is 1.10 bits per heavy atom. The van der Waals surface area contributed by atoms with Gasteiger partial charge in [-0.3, -0.25) is 0 Å². The number of alkyl halides is 3. The summed E-state index contributed by atoms with van der Waals surface area (Å²) in [6, 6.07) is 3.83. The average molecular weight is 425 g/mol. The van der Waals surface area contributed by atoms with Crippen LogP contribution in [0, 0.1) is 5.92 Å². The highest BCUT2D eigenvalue weighted by Crippen LogP contribution is 2.37. The molecule has 0 radical (unpaired) electrons. The molecule has 3 aromatic heterocycles. The topological polar surface area (TPSA) is 75.3 Å². The van der Waals surface area contributed by atoms with Crippen LogP contribution < -0.4 is 5.32 Å². The summed E-state index contributed by atoms with van der Waals surface area (Å²) in [7, 11) is 0. The number of nitrogens with one attached hydrogen (secondary N) is 1. The Morgan fingerprint density at radius 3 is 2.45 bits per heavy atom. The monoisotopic (exact) mass is 425 g/mol. The van der Waals surface area contributed by atoms with E-state index in [-0.39, 0.29) is 17.0 Å². The van der Waals surface area contributed by atoms with Gasteiger partial charge in [0.25, 0.3) is 0 Å². The Balaban J connectivity index is 1.53. The van der Waals surface area contributed by atoms with Gasteiger partial charge < -0.3 is 10.4 Å². The number of rotatable bonds is 4. The number of aliphatic hydroxyl groups is 1. The van der Waals surface area contributed by atoms with E-state index in [0.29, 0.717) is 28.5 Å². The van der Waals surface area contributed by atoms with Crippen LogP contribution in [0.25, 0.3) is 16.3 Å². The van der Waals surface area contributed by atoms with E-state index in [0.717, 1.165) is 31.9 Å². The van der Waals surface area contributed by atoms with Gasteiger partial charge in [-0.25, -0.2) is 14.5 Å². The number of nitrogens with zero attached hydrogens (tertiary/aromatic N) is 4. The third-order valence-corrected chi connectivity index (χ3v) is 6.51. The maximum Gasteiger partial charge on any atom is 0.427 e. The number of hydrogen-bond donors (Lipinski definition) is 2. The summed E-state index contributed by atoms with van der Waals surface area (Å²) in [6.45, 7) is 3.70. The van der Waals surface area contributed by atoms with E-state index in [2.05, 4.69) is 20.4 Å². The Morgan fingerprint density at radius 2 is 1.83 bits per heavy atom. The molecule has 29 heavy (non-hydrogen) atoms. The van der Waals surface area contributed by atoms with Crippen molar-refractivity contribution in [3.8, 4) is 10.7 Å². The molecule has 3 aromatic rings. The summed E-state index contributed by atoms with van der Waals surface area (Å²) in [4.78, 5) is 7.38. The van der Waals surface area contributed by atoms with Crippen LogP contribution in [-0.2, 0) is 6.18 Å². The van der Waals surface area contributed by atoms with Crippen LogP contribution in [0.1, 0.15) is 44.4 Å². The molecule has 3 heterocycles. The fourth-order valence-electron chi connectivity index (χ4n) is 3.77. The number of aromatic nitrogens is 4. The molecule has 1 aliphatic carbocycles. The van der Waals surface area contributed by atoms with Crippen LogP contribution in [0.5, 0.6) is 0 Å². The van der Waals surface area contributed by atoms with Crippen molar-refractivity contribution in [1.29, 1.82) is 0 Å². The second kappa shape index (κ2) is 7.24. The second-order valence-electron chi connectivity index (χ2n) is 8.01. The Kier molecular flexibility index (Phi) is 5.02. The number of thiazole rings is 1. The minimum absolute atomic E-state index is 0.222. The van der Waals surface area contributed by atoms with E-state index in [1.54, 1.807) is 6.07 Å². The van der Waals surface area contributed by atoms with E-state index in [1.807, 2.05) is 19.9 Å². The van der Waals surface area contributed by atoms with Gasteiger partial charge in [0.15, 0.2) is 5.65 Å². The summed E-state index contributed by atoms with van der Waals surface area (Å²) in [6.07, 6.45) is 1.61. The predicted molar refractivity (Wildman–Crippen MR) is 105 cm³/mol. The Hall–Kier alpha value is -2.20. The van der Waals surface area contributed by atoms with E-state index in [1.165, 1.54) is 10.7 Å². The Labute approximate surface area is 169 Å². The summed E-state index contributed by atoms with van der Waals surface area (Å²) in [5.41, 5.74) is 0.298. The average Bonchev–Trinajstić information content (AvgIpc) is 3.27. The number of anilines is 1. The van der Waals surface area contributed by atoms with Crippen molar-refractivity contribution in [3.05, 3.63) is 29.4 Å². The van der Waals surface area contributed by atoms with Crippen LogP contribution in [0.15, 0.2) is 24.5 Å². The lowest BCUT2D eigenvalue weighted by Gasteiger charge is -2.36. The maximum atomic E-state index is 12.9. The van der Waals surface area contributed by atoms with Crippen molar-refractivity contribution in [3.63, 3.8) is 0 Å². The van der Waals surface area contributed by atoms with Crippen molar-refractivity contribution in [2.45, 2.75) is 57.3 Å². The fraction of sp³-hybridized carbons (Fsp3) is 0.526. The zero-order chi connectivity index (χ0) is 20.8. The molecule has 0 aliphatic heterocycles. The van der Waals surface area contributed by atoms with Crippen molar-refractivity contribution in [1.82, 2.24) is 19.6 Å². The molecule has 0 spiro atoms. The molecule has 0 atom stereocenters. The summed E-state index contributed by atoms with van der Waals surface area (Å²) >= 11 is 0.575. The molecule has 0 unspecified atom stereocenters. The second-order valence-corrected chi connectivity index (χ2v) is 9.04. The molecule has 0 bridgehead atoms. The fourth-order valence-corrected chi connectivity index (χ4v) is 4.55. The zero-order valence-electron chi connectivity index (χ0n) is 16.1. The lowest BCUT2D eigenvalue weighted by atomic mass is 9.77. The van der Waals surface area contributed by atoms with Crippen LogP contribution in [-0.4, -0.2) is 36.3 Å². The van der Waals surface area contributed by atoms with Crippen LogP contribution in [0.3, 0.4) is 0 Å². The predicted octanol–water partition coefficient (Wildman–Crippen LogP) is 4.61. The Bertz CT molecular complexity index is 999. The van der Waals surface area contributed by atoms with Gasteiger partial charge >= 0.3 is 6.18 Å². The molecule has 1 fully saturated rings. The molecule has 2 N–H and O–H groups in total. The molecule has 10 heteroatoms. The van der Waals surface area contributed by atoms with Crippen LogP contribution in [0.2, 0.25) is 0 Å². The SMILES string of the molecule is CC(C)(O)C1CCC(Nc2ccc3ncc(-c4ncc(C(F)(F)F)s4)n3n2)CC1. The van der Waals surface area contributed by atoms with E-state index in [9.17, 15) is 18.3 Å². The molecule has 6 nitrogen and oxygen atoms in total. The van der Waals surface area contributed by atoms with Gasteiger partial charge in [-0.2, -0.15) is 13.2 Å². The number of imidazole rings is 1. The first kappa shape index (κ1) is 20.1. The first-order valence-electron chi connectivity index (χ1n) is 9.48. The number of hydrogen-bond acceptors (Lipinski definition) is 6. The highest BCUT2D eigenvalue weighted by Gasteiger charge is 2.34. The van der Waals surface area contributed by atoms with Crippen molar-refractivity contribution >= 4 is 22.8 Å². The largest absolute Gasteiger partial charge is 0.427 e. The minimum atomic E-state index is -4.42. The summed E-state index contributed by atoms with van der Waals surface area (Å²) in [5, 5.41) is 18.3. The van der Waals surface area contributed by atoms with E-state index in [4.69, 9.17) is 0 Å². The smallest absolute Gasteiger partial charge is 0.390 e. The van der Waals surface area contributed by atoms with Gasteiger partial charge in [-0.15, -0.1) is 16.4 Å². The zero-order valence-corrected chi connectivity index (χ0v) is 16.9. The number of fused-ring (bicyclic) bond motifs is 1. The molecule has 0 aromatic carbocycles. The van der Waals surface area contributed by atoms with Gasteiger partial charge in [0, 0.05) is 6.04 Å². The van der Waals surface area contributed by atoms with Gasteiger partial charge in [0.05, 0.1) is 18.0 Å². The third kappa shape index (κ3) is 4.23. The van der Waals surface area contributed by atoms with Crippen molar-refractivity contribution in [2.75, 3.05) is 5.32 Å². The molecular formula is C19H22F3N5OS. The molecular weight excluding hydrogens is 403 g/mol. The highest BCUT2D eigenvalue weighted by atomic mass is 32.1. The standard InChI is InChI=1S/C19H22F3N5OS/c1-18(2,28)11-3-5-12(6-4-11)25-15-7-8-16-23-9-13(27(16)26-15)17-24-10-14(29-17)19(20,21)22/h7-12,28H,3-6H2,1-2H3,(H,25,26). The van der Waals surface area contributed by atoms with Crippen LogP contribution in [0.4, 0.5) is 19.0 Å². The van der Waals surface area contributed by atoms with Gasteiger partial charge in [0.1, 0.15) is 21.4 Å². The molecule has 1 saturated carbocycles. The molecule has 4 rings (SSSR count). The summed E-state index contributed by atoms with van der Waals surface area (Å²) < 4.78 is 40.2. The lowest BCUT2D eigenvalue weighted by molar-refractivity contribution is -0.134. The van der Waals surface area contributed by atoms with E-state index < -0.39 is 16.7 Å². The quantitative estimate of drug-likeness (QED) is 0.638. The molecule has 0 saturated heterocycles.